The van der Waals surface area contributed by atoms with Crippen LogP contribution in [0.25, 0.3) is 0 Å². The molecule has 2 heteroatoms. The molecule has 0 bridgehead atoms. The Balaban J connectivity index is 3.06. The minimum absolute atomic E-state index is 0.203. The average Bonchev–Trinajstić information content (AvgIpc) is 1.83. The first-order chi connectivity index (χ1) is 4.16. The summed E-state index contributed by atoms with van der Waals surface area (Å²) < 4.78 is 4.57. The van der Waals surface area contributed by atoms with Crippen molar-refractivity contribution in [3.05, 3.63) is 0 Å². The summed E-state index contributed by atoms with van der Waals surface area (Å²) in [5, 5.41) is 0. The van der Waals surface area contributed by atoms with Crippen molar-refractivity contribution in [2.45, 2.75) is 39.7 Å². The summed E-state index contributed by atoms with van der Waals surface area (Å²) in [5.41, 5.74) is 0. The van der Waals surface area contributed by atoms with Crippen LogP contribution in [0.1, 0.15) is 33.6 Å². The Morgan fingerprint density at radius 2 is 1.78 bits per heavy atom. The molecule has 0 rings (SSSR count). The van der Waals surface area contributed by atoms with E-state index in [-0.39, 0.29) is 6.10 Å². The Hall–Kier alpha value is 0.250. The van der Waals surface area contributed by atoms with Gasteiger partial charge in [-0.25, -0.2) is 0 Å². The largest absolute Gasteiger partial charge is 0.276 e. The van der Waals surface area contributed by atoms with E-state index in [1.807, 2.05) is 6.92 Å². The summed E-state index contributed by atoms with van der Waals surface area (Å²) in [5.74, 6) is 0.749. The van der Waals surface area contributed by atoms with E-state index in [0.29, 0.717) is 0 Å². The van der Waals surface area contributed by atoms with Crippen LogP contribution in [0.15, 0.2) is 0 Å². The minimum Gasteiger partial charge on any atom is -0.276 e. The first-order valence-electron chi connectivity index (χ1n) is 3.44. The number of hydrogen-bond acceptors (Lipinski definition) is 1. The van der Waals surface area contributed by atoms with E-state index in [0.717, 1.165) is 12.3 Å². The third kappa shape index (κ3) is 6.13. The fourth-order valence-electron chi connectivity index (χ4n) is 0.613. The van der Waals surface area contributed by atoms with Crippen molar-refractivity contribution in [2.24, 2.45) is 5.92 Å². The molecule has 0 aliphatic carbocycles. The predicted molar refractivity (Wildman–Crippen MR) is 40.5 cm³/mol. The minimum atomic E-state index is 0.203. The molecule has 0 N–H and O–H groups in total. The summed E-state index contributed by atoms with van der Waals surface area (Å²) in [6.07, 6.45) is 2.45. The third-order valence-corrected chi connectivity index (χ3v) is 1.61. The van der Waals surface area contributed by atoms with Gasteiger partial charge < -0.3 is 0 Å². The smallest absolute Gasteiger partial charge is 0.0762 e. The van der Waals surface area contributed by atoms with E-state index in [9.17, 15) is 0 Å². The second-order valence-electron chi connectivity index (χ2n) is 2.87. The van der Waals surface area contributed by atoms with Crippen LogP contribution in [0.5, 0.6) is 0 Å². The highest BCUT2D eigenvalue weighted by molar-refractivity contribution is 6.07. The van der Waals surface area contributed by atoms with Gasteiger partial charge in [-0.05, 0) is 25.7 Å². The van der Waals surface area contributed by atoms with Gasteiger partial charge in [-0.15, -0.1) is 0 Å². The lowest BCUT2D eigenvalue weighted by atomic mass is 10.1. The van der Waals surface area contributed by atoms with Gasteiger partial charge in [0.2, 0.25) is 0 Å². The molecule has 56 valence electrons. The van der Waals surface area contributed by atoms with Gasteiger partial charge in [0.15, 0.2) is 0 Å². The molecule has 0 aromatic heterocycles. The zero-order valence-electron chi connectivity index (χ0n) is 6.36. The van der Waals surface area contributed by atoms with E-state index < -0.39 is 0 Å². The van der Waals surface area contributed by atoms with Crippen molar-refractivity contribution in [3.8, 4) is 0 Å². The predicted octanol–water partition coefficient (Wildman–Crippen LogP) is 2.98. The standard InChI is InChI=1S/C7H15ClO/c1-6(2)4-5-7(3)9-8/h6-7H,4-5H2,1-3H3. The highest BCUT2D eigenvalue weighted by Crippen LogP contribution is 2.09. The molecule has 0 aromatic carbocycles. The van der Waals surface area contributed by atoms with Crippen LogP contribution in [0.2, 0.25) is 0 Å². The van der Waals surface area contributed by atoms with Gasteiger partial charge in [-0.3, -0.25) is 4.29 Å². The van der Waals surface area contributed by atoms with Crippen molar-refractivity contribution in [1.82, 2.24) is 0 Å². The maximum atomic E-state index is 5.14. The van der Waals surface area contributed by atoms with Crippen LogP contribution in [0.3, 0.4) is 0 Å². The Labute approximate surface area is 62.5 Å². The summed E-state index contributed by atoms with van der Waals surface area (Å²) in [6, 6.07) is 0. The summed E-state index contributed by atoms with van der Waals surface area (Å²) >= 11 is 5.14. The van der Waals surface area contributed by atoms with Gasteiger partial charge in [0.25, 0.3) is 0 Å². The lowest BCUT2D eigenvalue weighted by molar-refractivity contribution is 0.222. The fraction of sp³-hybridized carbons (Fsp3) is 1.00. The second-order valence-corrected chi connectivity index (χ2v) is 3.05. The average molecular weight is 151 g/mol. The van der Waals surface area contributed by atoms with Crippen LogP contribution >= 0.6 is 11.9 Å². The van der Waals surface area contributed by atoms with Crippen LogP contribution in [-0.4, -0.2) is 6.10 Å². The zero-order chi connectivity index (χ0) is 7.28. The van der Waals surface area contributed by atoms with Gasteiger partial charge >= 0.3 is 0 Å². The molecule has 0 aliphatic rings. The quantitative estimate of drug-likeness (QED) is 0.599. The first-order valence-corrected chi connectivity index (χ1v) is 3.75. The molecule has 0 aromatic rings. The van der Waals surface area contributed by atoms with Crippen LogP contribution < -0.4 is 0 Å². The normalized spacial score (nSPS) is 14.3. The molecule has 0 spiro atoms. The number of halogens is 1. The van der Waals surface area contributed by atoms with E-state index in [1.165, 1.54) is 6.42 Å². The van der Waals surface area contributed by atoms with E-state index in [1.54, 1.807) is 0 Å². The molecule has 0 aliphatic heterocycles. The van der Waals surface area contributed by atoms with E-state index >= 15 is 0 Å². The molecule has 0 fully saturated rings. The maximum Gasteiger partial charge on any atom is 0.0762 e. The Morgan fingerprint density at radius 1 is 1.22 bits per heavy atom. The molecular formula is C7H15ClO. The summed E-state index contributed by atoms with van der Waals surface area (Å²) in [6.45, 7) is 6.37. The number of hydrogen-bond donors (Lipinski definition) is 0. The monoisotopic (exact) mass is 150 g/mol. The van der Waals surface area contributed by atoms with E-state index in [2.05, 4.69) is 18.1 Å². The molecule has 0 saturated heterocycles. The fourth-order valence-corrected chi connectivity index (χ4v) is 0.702. The zero-order valence-corrected chi connectivity index (χ0v) is 7.11. The second kappa shape index (κ2) is 5.07. The molecule has 1 nitrogen and oxygen atoms in total. The van der Waals surface area contributed by atoms with Crippen molar-refractivity contribution < 1.29 is 4.29 Å². The Bertz CT molecular complexity index is 63.9. The molecule has 1 unspecified atom stereocenters. The van der Waals surface area contributed by atoms with Gasteiger partial charge in [0, 0.05) is 0 Å². The van der Waals surface area contributed by atoms with Crippen molar-refractivity contribution in [3.63, 3.8) is 0 Å². The Morgan fingerprint density at radius 3 is 2.11 bits per heavy atom. The SMILES string of the molecule is CC(C)CCC(C)OCl. The van der Waals surface area contributed by atoms with Gasteiger partial charge in [0.1, 0.15) is 0 Å². The van der Waals surface area contributed by atoms with Crippen LogP contribution in [-0.2, 0) is 4.29 Å². The molecule has 1 atom stereocenters. The molecule has 0 saturated carbocycles. The topological polar surface area (TPSA) is 9.23 Å². The third-order valence-electron chi connectivity index (χ3n) is 1.30. The van der Waals surface area contributed by atoms with Crippen LogP contribution in [0, 0.1) is 5.92 Å². The van der Waals surface area contributed by atoms with Gasteiger partial charge in [0.05, 0.1) is 18.0 Å². The highest BCUT2D eigenvalue weighted by Gasteiger charge is 2.01. The molecule has 0 radical (unpaired) electrons. The van der Waals surface area contributed by atoms with Gasteiger partial charge in [-0.2, -0.15) is 0 Å². The summed E-state index contributed by atoms with van der Waals surface area (Å²) in [4.78, 5) is 0. The molecule has 0 amide bonds. The van der Waals surface area contributed by atoms with Crippen LogP contribution in [0.4, 0.5) is 0 Å². The number of rotatable bonds is 4. The van der Waals surface area contributed by atoms with E-state index in [4.69, 9.17) is 11.9 Å². The molecular weight excluding hydrogens is 136 g/mol. The molecule has 9 heavy (non-hydrogen) atoms. The molecule has 0 heterocycles. The lowest BCUT2D eigenvalue weighted by Crippen LogP contribution is -2.02. The Kier molecular flexibility index (Phi) is 5.21. The van der Waals surface area contributed by atoms with Crippen molar-refractivity contribution >= 4 is 11.9 Å². The first kappa shape index (κ1) is 9.25. The highest BCUT2D eigenvalue weighted by atomic mass is 35.5. The van der Waals surface area contributed by atoms with Crippen molar-refractivity contribution in [2.75, 3.05) is 0 Å². The summed E-state index contributed by atoms with van der Waals surface area (Å²) in [7, 11) is 0. The van der Waals surface area contributed by atoms with Crippen molar-refractivity contribution in [1.29, 1.82) is 0 Å². The lowest BCUT2D eigenvalue weighted by Gasteiger charge is -2.07. The van der Waals surface area contributed by atoms with Gasteiger partial charge in [-0.1, -0.05) is 13.8 Å². The maximum absolute atomic E-state index is 5.14.